The molecule has 21 heavy (non-hydrogen) atoms. The molecule has 2 rings (SSSR count). The van der Waals surface area contributed by atoms with Gasteiger partial charge in [0.05, 0.1) is 10.5 Å². The Kier molecular flexibility index (Phi) is 4.17. The van der Waals surface area contributed by atoms with Gasteiger partial charge >= 0.3 is 5.97 Å². The van der Waals surface area contributed by atoms with Gasteiger partial charge in [-0.3, -0.25) is 10.1 Å². The van der Waals surface area contributed by atoms with Crippen LogP contribution in [0.1, 0.15) is 21.8 Å². The molecule has 0 atom stereocenters. The van der Waals surface area contributed by atoms with Gasteiger partial charge in [0.2, 0.25) is 0 Å². The van der Waals surface area contributed by atoms with Crippen molar-refractivity contribution in [3.63, 3.8) is 0 Å². The molecule has 0 unspecified atom stereocenters. The number of nitrogens with one attached hydrogen (secondary N) is 1. The molecule has 2 aromatic rings. The van der Waals surface area contributed by atoms with Crippen molar-refractivity contribution >= 4 is 17.3 Å². The van der Waals surface area contributed by atoms with E-state index in [-0.39, 0.29) is 17.9 Å². The van der Waals surface area contributed by atoms with Gasteiger partial charge in [0.1, 0.15) is 18.1 Å². The van der Waals surface area contributed by atoms with Gasteiger partial charge in [0.25, 0.3) is 5.69 Å². The van der Waals surface area contributed by atoms with Crippen LogP contribution < -0.4 is 5.32 Å². The van der Waals surface area contributed by atoms with E-state index in [0.717, 1.165) is 0 Å². The highest BCUT2D eigenvalue weighted by Crippen LogP contribution is 2.23. The number of ether oxygens (including phenoxy) is 1. The van der Waals surface area contributed by atoms with E-state index in [4.69, 9.17) is 9.26 Å². The van der Waals surface area contributed by atoms with Crippen LogP contribution in [0, 0.1) is 17.0 Å². The Labute approximate surface area is 119 Å². The lowest BCUT2D eigenvalue weighted by Gasteiger charge is -2.08. The summed E-state index contributed by atoms with van der Waals surface area (Å²) in [6, 6.07) is 5.57. The molecular weight excluding hydrogens is 278 g/mol. The van der Waals surface area contributed by atoms with Crippen LogP contribution in [-0.2, 0) is 11.3 Å². The van der Waals surface area contributed by atoms with Crippen LogP contribution in [0.5, 0.6) is 0 Å². The lowest BCUT2D eigenvalue weighted by Crippen LogP contribution is -2.09. The number of carbonyl (C=O) groups excluding carboxylic acids is 1. The zero-order valence-electron chi connectivity index (χ0n) is 11.5. The number of carbonyl (C=O) groups is 1. The number of nitro groups is 1. The second-order valence-electron chi connectivity index (χ2n) is 4.24. The molecular formula is C13H13N3O5. The fourth-order valence-corrected chi connectivity index (χ4v) is 1.74. The molecule has 1 heterocycles. The van der Waals surface area contributed by atoms with E-state index >= 15 is 0 Å². The van der Waals surface area contributed by atoms with Crippen LogP contribution in [-0.4, -0.2) is 23.1 Å². The molecule has 1 aromatic heterocycles. The van der Waals surface area contributed by atoms with Crippen molar-refractivity contribution in [2.45, 2.75) is 13.5 Å². The first-order chi connectivity index (χ1) is 10.0. The van der Waals surface area contributed by atoms with Crippen molar-refractivity contribution in [2.75, 3.05) is 12.4 Å². The summed E-state index contributed by atoms with van der Waals surface area (Å²) in [7, 11) is 1.61. The van der Waals surface area contributed by atoms with E-state index in [2.05, 4.69) is 10.5 Å². The second-order valence-corrected chi connectivity index (χ2v) is 4.24. The third-order valence-electron chi connectivity index (χ3n) is 2.73. The van der Waals surface area contributed by atoms with Gasteiger partial charge in [-0.2, -0.15) is 0 Å². The van der Waals surface area contributed by atoms with E-state index in [0.29, 0.717) is 17.1 Å². The Morgan fingerprint density at radius 3 is 2.81 bits per heavy atom. The van der Waals surface area contributed by atoms with Gasteiger partial charge in [0.15, 0.2) is 0 Å². The van der Waals surface area contributed by atoms with E-state index in [1.165, 1.54) is 18.2 Å². The summed E-state index contributed by atoms with van der Waals surface area (Å²) in [5.41, 5.74) is 0.823. The summed E-state index contributed by atoms with van der Waals surface area (Å²) in [5, 5.41) is 17.2. The fraction of sp³-hybridized carbons (Fsp3) is 0.231. The lowest BCUT2D eigenvalue weighted by molar-refractivity contribution is -0.384. The zero-order valence-corrected chi connectivity index (χ0v) is 11.5. The molecule has 0 spiro atoms. The number of hydrogen-bond acceptors (Lipinski definition) is 7. The predicted molar refractivity (Wildman–Crippen MR) is 73.0 cm³/mol. The summed E-state index contributed by atoms with van der Waals surface area (Å²) in [5.74, 6) is -0.0731. The summed E-state index contributed by atoms with van der Waals surface area (Å²) in [4.78, 5) is 22.2. The lowest BCUT2D eigenvalue weighted by atomic mass is 10.1. The summed E-state index contributed by atoms with van der Waals surface area (Å²) in [6.45, 7) is 1.65. The topological polar surface area (TPSA) is 108 Å². The molecule has 0 saturated carbocycles. The highest BCUT2D eigenvalue weighted by molar-refractivity contribution is 5.96. The molecule has 110 valence electrons. The van der Waals surface area contributed by atoms with Gasteiger partial charge < -0.3 is 14.6 Å². The number of nitrogens with zero attached hydrogens (tertiary/aromatic N) is 2. The van der Waals surface area contributed by atoms with Crippen molar-refractivity contribution in [2.24, 2.45) is 0 Å². The van der Waals surface area contributed by atoms with Crippen molar-refractivity contribution in [1.29, 1.82) is 0 Å². The SMILES string of the molecule is CNc1ccc([N+](=O)[O-])cc1C(=O)OCc1cc(C)on1. The van der Waals surface area contributed by atoms with Gasteiger partial charge in [-0.05, 0) is 13.0 Å². The first-order valence-electron chi connectivity index (χ1n) is 6.06. The summed E-state index contributed by atoms with van der Waals surface area (Å²) < 4.78 is 9.94. The molecule has 0 radical (unpaired) electrons. The highest BCUT2D eigenvalue weighted by atomic mass is 16.6. The molecule has 0 bridgehead atoms. The van der Waals surface area contributed by atoms with Gasteiger partial charge in [0, 0.05) is 30.9 Å². The number of non-ortho nitro benzene ring substituents is 1. The first kappa shape index (κ1) is 14.5. The van der Waals surface area contributed by atoms with Crippen molar-refractivity contribution in [3.8, 4) is 0 Å². The summed E-state index contributed by atoms with van der Waals surface area (Å²) >= 11 is 0. The quantitative estimate of drug-likeness (QED) is 0.511. The van der Waals surface area contributed by atoms with E-state index in [1.807, 2.05) is 0 Å². The van der Waals surface area contributed by atoms with E-state index < -0.39 is 10.9 Å². The number of anilines is 1. The van der Waals surface area contributed by atoms with E-state index in [1.54, 1.807) is 20.0 Å². The highest BCUT2D eigenvalue weighted by Gasteiger charge is 2.18. The number of hydrogen-bond donors (Lipinski definition) is 1. The molecule has 8 heteroatoms. The van der Waals surface area contributed by atoms with Crippen LogP contribution in [0.15, 0.2) is 28.8 Å². The summed E-state index contributed by atoms with van der Waals surface area (Å²) in [6.07, 6.45) is 0. The fourth-order valence-electron chi connectivity index (χ4n) is 1.74. The molecule has 1 N–H and O–H groups in total. The minimum absolute atomic E-state index is 0.0674. The smallest absolute Gasteiger partial charge is 0.340 e. The number of esters is 1. The largest absolute Gasteiger partial charge is 0.455 e. The van der Waals surface area contributed by atoms with E-state index in [9.17, 15) is 14.9 Å². The van der Waals surface area contributed by atoms with Crippen molar-refractivity contribution < 1.29 is 19.0 Å². The van der Waals surface area contributed by atoms with Crippen molar-refractivity contribution in [1.82, 2.24) is 5.16 Å². The van der Waals surface area contributed by atoms with Crippen LogP contribution in [0.3, 0.4) is 0 Å². The van der Waals surface area contributed by atoms with Gasteiger partial charge in [-0.15, -0.1) is 0 Å². The third-order valence-corrected chi connectivity index (χ3v) is 2.73. The first-order valence-corrected chi connectivity index (χ1v) is 6.06. The standard InChI is InChI=1S/C13H13N3O5/c1-8-5-9(15-21-8)7-20-13(17)11-6-10(16(18)19)3-4-12(11)14-2/h3-6,14H,7H2,1-2H3. The van der Waals surface area contributed by atoms with Gasteiger partial charge in [-0.1, -0.05) is 5.16 Å². The Hall–Kier alpha value is -2.90. The molecule has 0 saturated heterocycles. The number of nitro benzene ring substituents is 1. The van der Waals surface area contributed by atoms with Crippen LogP contribution >= 0.6 is 0 Å². The zero-order chi connectivity index (χ0) is 15.4. The normalized spacial score (nSPS) is 10.2. The second kappa shape index (κ2) is 6.04. The monoisotopic (exact) mass is 291 g/mol. The van der Waals surface area contributed by atoms with Gasteiger partial charge in [-0.25, -0.2) is 4.79 Å². The Balaban J connectivity index is 2.17. The average Bonchev–Trinajstić information content (AvgIpc) is 2.89. The number of benzene rings is 1. The Bertz CT molecular complexity index is 680. The van der Waals surface area contributed by atoms with Crippen LogP contribution in [0.2, 0.25) is 0 Å². The van der Waals surface area contributed by atoms with Crippen LogP contribution in [0.25, 0.3) is 0 Å². The van der Waals surface area contributed by atoms with Crippen LogP contribution in [0.4, 0.5) is 11.4 Å². The molecule has 0 aliphatic rings. The Morgan fingerprint density at radius 1 is 1.48 bits per heavy atom. The molecule has 0 aliphatic carbocycles. The third kappa shape index (κ3) is 3.35. The maximum absolute atomic E-state index is 12.0. The molecule has 8 nitrogen and oxygen atoms in total. The number of rotatable bonds is 5. The average molecular weight is 291 g/mol. The molecule has 1 aromatic carbocycles. The minimum Gasteiger partial charge on any atom is -0.455 e. The number of aryl methyl sites for hydroxylation is 1. The number of aromatic nitrogens is 1. The maximum Gasteiger partial charge on any atom is 0.340 e. The van der Waals surface area contributed by atoms with Crippen molar-refractivity contribution in [3.05, 3.63) is 51.4 Å². The molecule has 0 amide bonds. The molecule has 0 aliphatic heterocycles. The Morgan fingerprint density at radius 2 is 2.24 bits per heavy atom. The maximum atomic E-state index is 12.0. The minimum atomic E-state index is -0.677. The predicted octanol–water partition coefficient (Wildman–Crippen LogP) is 2.29. The molecule has 0 fully saturated rings.